The van der Waals surface area contributed by atoms with Crippen LogP contribution in [0.1, 0.15) is 12.5 Å². The summed E-state index contributed by atoms with van der Waals surface area (Å²) in [7, 11) is -1.22. The number of phenolic OH excluding ortho intramolecular Hbond substituents is 1. The Morgan fingerprint density at radius 2 is 2.19 bits per heavy atom. The number of aromatic hydroxyl groups is 1. The van der Waals surface area contributed by atoms with Crippen molar-refractivity contribution in [1.29, 1.82) is 0 Å². The van der Waals surface area contributed by atoms with Gasteiger partial charge in [-0.25, -0.2) is 0 Å². The molecule has 1 rings (SSSR count). The van der Waals surface area contributed by atoms with Crippen molar-refractivity contribution in [3.8, 4) is 5.75 Å². The first-order valence-electron chi connectivity index (χ1n) is 4.84. The molecule has 0 spiro atoms. The smallest absolute Gasteiger partial charge is 0.307 e. The largest absolute Gasteiger partial charge is 0.508 e. The summed E-state index contributed by atoms with van der Waals surface area (Å²) in [6, 6.07) is 6.49. The molecule has 0 saturated carbocycles. The molecule has 0 radical (unpaired) electrons. The molecule has 0 fully saturated rings. The molecule has 0 saturated heterocycles. The van der Waals surface area contributed by atoms with Gasteiger partial charge >= 0.3 is 5.97 Å². The molecule has 2 unspecified atom stereocenters. The molecule has 0 aliphatic carbocycles. The summed E-state index contributed by atoms with van der Waals surface area (Å²) in [5, 5.41) is 17.9. The average molecular weight is 242 g/mol. The second-order valence-corrected chi connectivity index (χ2v) is 5.16. The minimum atomic E-state index is -1.22. The first-order chi connectivity index (χ1) is 7.49. The van der Waals surface area contributed by atoms with Gasteiger partial charge in [0.2, 0.25) is 0 Å². The van der Waals surface area contributed by atoms with Crippen molar-refractivity contribution >= 4 is 16.8 Å². The van der Waals surface area contributed by atoms with Crippen LogP contribution in [-0.2, 0) is 21.3 Å². The lowest BCUT2D eigenvalue weighted by molar-refractivity contribution is -0.140. The van der Waals surface area contributed by atoms with Crippen molar-refractivity contribution < 1.29 is 19.2 Å². The quantitative estimate of drug-likeness (QED) is 0.817. The molecule has 1 aromatic rings. The zero-order valence-electron chi connectivity index (χ0n) is 8.92. The van der Waals surface area contributed by atoms with Crippen molar-refractivity contribution in [2.75, 3.05) is 5.75 Å². The van der Waals surface area contributed by atoms with Gasteiger partial charge < -0.3 is 10.2 Å². The van der Waals surface area contributed by atoms with E-state index in [0.29, 0.717) is 0 Å². The Morgan fingerprint density at radius 1 is 1.50 bits per heavy atom. The van der Waals surface area contributed by atoms with Gasteiger partial charge in [-0.1, -0.05) is 19.1 Å². The minimum Gasteiger partial charge on any atom is -0.508 e. The summed E-state index contributed by atoms with van der Waals surface area (Å²) < 4.78 is 11.6. The molecule has 2 atom stereocenters. The van der Waals surface area contributed by atoms with Crippen LogP contribution >= 0.6 is 0 Å². The van der Waals surface area contributed by atoms with Gasteiger partial charge in [-0.2, -0.15) is 0 Å². The summed E-state index contributed by atoms with van der Waals surface area (Å²) >= 11 is 0. The Balaban J connectivity index is 2.55. The van der Waals surface area contributed by atoms with Crippen LogP contribution in [-0.4, -0.2) is 26.1 Å². The molecular formula is C11H14O4S. The first-order valence-corrected chi connectivity index (χ1v) is 6.33. The molecule has 16 heavy (non-hydrogen) atoms. The van der Waals surface area contributed by atoms with Crippen LogP contribution in [0.3, 0.4) is 0 Å². The van der Waals surface area contributed by atoms with E-state index in [2.05, 4.69) is 0 Å². The topological polar surface area (TPSA) is 74.6 Å². The summed E-state index contributed by atoms with van der Waals surface area (Å²) in [6.45, 7) is 1.53. The molecule has 0 heterocycles. The van der Waals surface area contributed by atoms with Gasteiger partial charge in [0.05, 0.1) is 5.92 Å². The lowest BCUT2D eigenvalue weighted by Crippen LogP contribution is -2.18. The van der Waals surface area contributed by atoms with Crippen molar-refractivity contribution in [3.05, 3.63) is 29.8 Å². The maximum atomic E-state index is 11.6. The fourth-order valence-corrected chi connectivity index (χ4v) is 2.61. The maximum Gasteiger partial charge on any atom is 0.307 e. The van der Waals surface area contributed by atoms with Crippen molar-refractivity contribution in [3.63, 3.8) is 0 Å². The molecule has 4 nitrogen and oxygen atoms in total. The summed E-state index contributed by atoms with van der Waals surface area (Å²) in [4.78, 5) is 10.6. The molecule has 5 heteroatoms. The maximum absolute atomic E-state index is 11.6. The molecule has 0 amide bonds. The Morgan fingerprint density at radius 3 is 2.75 bits per heavy atom. The SMILES string of the molecule is CC(CS(=O)Cc1cccc(O)c1)C(=O)O. The van der Waals surface area contributed by atoms with Gasteiger partial charge in [0.15, 0.2) is 0 Å². The molecule has 0 bridgehead atoms. The predicted octanol–water partition coefficient (Wildman–Crippen LogP) is 1.36. The highest BCUT2D eigenvalue weighted by atomic mass is 32.2. The molecule has 0 aromatic heterocycles. The van der Waals surface area contributed by atoms with Crippen LogP contribution in [0.4, 0.5) is 0 Å². The van der Waals surface area contributed by atoms with E-state index in [1.807, 2.05) is 0 Å². The Labute approximate surface area is 96.4 Å². The van der Waals surface area contributed by atoms with Gasteiger partial charge in [-0.15, -0.1) is 0 Å². The van der Waals surface area contributed by atoms with Crippen LogP contribution < -0.4 is 0 Å². The highest BCUT2D eigenvalue weighted by Gasteiger charge is 2.14. The van der Waals surface area contributed by atoms with Crippen molar-refractivity contribution in [1.82, 2.24) is 0 Å². The van der Waals surface area contributed by atoms with Crippen molar-refractivity contribution in [2.24, 2.45) is 5.92 Å². The second kappa shape index (κ2) is 5.65. The zero-order chi connectivity index (χ0) is 12.1. The Kier molecular flexibility index (Phi) is 4.49. The number of benzene rings is 1. The number of carboxylic acids is 1. The Bertz CT molecular complexity index is 403. The van der Waals surface area contributed by atoms with Crippen LogP contribution in [0.15, 0.2) is 24.3 Å². The number of phenols is 1. The van der Waals surface area contributed by atoms with Gasteiger partial charge in [0.25, 0.3) is 0 Å². The normalized spacial score (nSPS) is 14.3. The summed E-state index contributed by atoms with van der Waals surface area (Å²) in [6.07, 6.45) is 0. The first kappa shape index (κ1) is 12.7. The van der Waals surface area contributed by atoms with Crippen LogP contribution in [0, 0.1) is 5.92 Å². The minimum absolute atomic E-state index is 0.126. The van der Waals surface area contributed by atoms with E-state index < -0.39 is 22.7 Å². The van der Waals surface area contributed by atoms with E-state index in [9.17, 15) is 14.1 Å². The molecule has 0 aliphatic rings. The van der Waals surface area contributed by atoms with Crippen LogP contribution in [0.2, 0.25) is 0 Å². The third kappa shape index (κ3) is 4.02. The molecule has 0 aliphatic heterocycles. The molecule has 1 aromatic carbocycles. The highest BCUT2D eigenvalue weighted by Crippen LogP contribution is 2.13. The van der Waals surface area contributed by atoms with E-state index in [1.54, 1.807) is 12.1 Å². The molecule has 2 N–H and O–H groups in total. The second-order valence-electron chi connectivity index (χ2n) is 3.66. The number of aliphatic carboxylic acids is 1. The lowest BCUT2D eigenvalue weighted by atomic mass is 10.2. The predicted molar refractivity (Wildman–Crippen MR) is 61.6 cm³/mol. The van der Waals surface area contributed by atoms with Gasteiger partial charge in [0.1, 0.15) is 5.75 Å². The number of hydrogen-bond donors (Lipinski definition) is 2. The third-order valence-corrected chi connectivity index (χ3v) is 3.62. The Hall–Kier alpha value is -1.36. The van der Waals surface area contributed by atoms with E-state index in [1.165, 1.54) is 19.1 Å². The number of carbonyl (C=O) groups is 1. The van der Waals surface area contributed by atoms with Crippen LogP contribution in [0.25, 0.3) is 0 Å². The van der Waals surface area contributed by atoms with Gasteiger partial charge in [-0.05, 0) is 17.7 Å². The number of rotatable bonds is 5. The number of hydrogen-bond acceptors (Lipinski definition) is 3. The highest BCUT2D eigenvalue weighted by molar-refractivity contribution is 7.84. The average Bonchev–Trinajstić information content (AvgIpc) is 2.16. The lowest BCUT2D eigenvalue weighted by Gasteiger charge is -2.06. The van der Waals surface area contributed by atoms with Gasteiger partial charge in [0, 0.05) is 22.3 Å². The standard InChI is InChI=1S/C11H14O4S/c1-8(11(13)14)6-16(15)7-9-3-2-4-10(12)5-9/h2-5,8,12H,6-7H2,1H3,(H,13,14). The number of carboxylic acid groups (broad SMARTS) is 1. The van der Waals surface area contributed by atoms with Crippen LogP contribution in [0.5, 0.6) is 5.75 Å². The monoisotopic (exact) mass is 242 g/mol. The van der Waals surface area contributed by atoms with E-state index >= 15 is 0 Å². The zero-order valence-corrected chi connectivity index (χ0v) is 9.74. The third-order valence-electron chi connectivity index (χ3n) is 2.10. The fraction of sp³-hybridized carbons (Fsp3) is 0.364. The van der Waals surface area contributed by atoms with E-state index in [0.717, 1.165) is 5.56 Å². The molecular weight excluding hydrogens is 228 g/mol. The summed E-state index contributed by atoms with van der Waals surface area (Å²) in [5.41, 5.74) is 0.746. The van der Waals surface area contributed by atoms with Crippen molar-refractivity contribution in [2.45, 2.75) is 12.7 Å². The van der Waals surface area contributed by atoms with Gasteiger partial charge in [-0.3, -0.25) is 9.00 Å². The summed E-state index contributed by atoms with van der Waals surface area (Å²) in [5.74, 6) is -1.03. The van der Waals surface area contributed by atoms with E-state index in [-0.39, 0.29) is 17.3 Å². The van der Waals surface area contributed by atoms with E-state index in [4.69, 9.17) is 5.11 Å². The fourth-order valence-electron chi connectivity index (χ4n) is 1.24. The molecule has 88 valence electrons.